The first-order valence-electron chi connectivity index (χ1n) is 18.7. The van der Waals surface area contributed by atoms with Gasteiger partial charge >= 0.3 is 0 Å². The maximum absolute atomic E-state index is 12.5. The van der Waals surface area contributed by atoms with E-state index in [-0.39, 0.29) is 63.2 Å². The van der Waals surface area contributed by atoms with Crippen LogP contribution in [0.5, 0.6) is 0 Å². The molecule has 0 amide bonds. The predicted octanol–water partition coefficient (Wildman–Crippen LogP) is 9.03. The molecule has 11 nitrogen and oxygen atoms in total. The largest absolute Gasteiger partial charge is 0.396 e. The van der Waals surface area contributed by atoms with Crippen LogP contribution in [0.1, 0.15) is 41.3 Å². The third-order valence-corrected chi connectivity index (χ3v) is 22.0. The number of nitrogens with two attached hydrogens (primary N) is 1. The van der Waals surface area contributed by atoms with E-state index in [4.69, 9.17) is 27.5 Å². The number of thiophene rings is 3. The molecule has 3 aromatic carbocycles. The molecule has 0 spiro atoms. The van der Waals surface area contributed by atoms with Crippen LogP contribution in [0.4, 0.5) is 0 Å². The van der Waals surface area contributed by atoms with Gasteiger partial charge in [-0.1, -0.05) is 25.4 Å². The number of benzene rings is 3. The Labute approximate surface area is 392 Å². The summed E-state index contributed by atoms with van der Waals surface area (Å²) in [4.78, 5) is 4.60. The first kappa shape index (κ1) is 53.7. The van der Waals surface area contributed by atoms with Crippen molar-refractivity contribution in [3.8, 4) is 0 Å². The highest BCUT2D eigenvalue weighted by Gasteiger charge is 2.23. The van der Waals surface area contributed by atoms with Gasteiger partial charge in [-0.3, -0.25) is 0 Å². The van der Waals surface area contributed by atoms with Gasteiger partial charge in [-0.15, -0.1) is 58.2 Å². The lowest BCUT2D eigenvalue weighted by Gasteiger charge is -2.06. The standard InChI is InChI=1S/C15H18O3S3.C14H17NO5S3.C12H11ClO2S2.ClH/c1-2-12-6-9-15(20-12)21(17,18)14-7-4-13(5-8-14)19-11-3-10-16;15-10-11-2-7-14(21-11)23(19,20)13-5-3-12(4-6-13)22(17,18)9-1-8-16;1-2-10-5-8-12(16-10)17(14,15)11-6-3-9(13)4-7-11;/h4-9,16H,2-3,10-11H2,1H3;2-7,16H,1,8-10,15H2;3-8H,2H2,1H3;1H. The molecule has 4 N–H and O–H groups in total. The maximum atomic E-state index is 12.5. The Morgan fingerprint density at radius 1 is 0.532 bits per heavy atom. The lowest BCUT2D eigenvalue weighted by Crippen LogP contribution is -2.08. The van der Waals surface area contributed by atoms with Gasteiger partial charge in [0.2, 0.25) is 29.5 Å². The minimum absolute atomic E-state index is 0. The molecular formula is C41H47Cl2NO10S8. The first-order valence-corrected chi connectivity index (χ1v) is 28.6. The Balaban J connectivity index is 0.000000248. The molecule has 0 radical (unpaired) electrons. The second-order valence-corrected chi connectivity index (χ2v) is 26.6. The molecule has 0 saturated carbocycles. The number of aryl methyl sites for hydroxylation is 2. The van der Waals surface area contributed by atoms with Crippen molar-refractivity contribution in [1.29, 1.82) is 0 Å². The van der Waals surface area contributed by atoms with Crippen LogP contribution >= 0.6 is 69.8 Å². The zero-order valence-electron chi connectivity index (χ0n) is 33.5. The molecule has 338 valence electrons. The van der Waals surface area contributed by atoms with E-state index < -0.39 is 39.3 Å². The topological polar surface area (TPSA) is 203 Å². The van der Waals surface area contributed by atoms with Crippen LogP contribution in [0.3, 0.4) is 0 Å². The van der Waals surface area contributed by atoms with Crippen LogP contribution in [0.2, 0.25) is 5.02 Å². The molecule has 3 heterocycles. The van der Waals surface area contributed by atoms with Crippen molar-refractivity contribution in [2.45, 2.75) is 83.2 Å². The third kappa shape index (κ3) is 14.4. The number of sulfone groups is 4. The minimum atomic E-state index is -3.68. The quantitative estimate of drug-likeness (QED) is 0.0579. The average Bonchev–Trinajstić information content (AvgIpc) is 4.07. The fourth-order valence-corrected chi connectivity index (χ4v) is 15.4. The normalized spacial score (nSPS) is 11.8. The van der Waals surface area contributed by atoms with Gasteiger partial charge in [-0.2, -0.15) is 0 Å². The van der Waals surface area contributed by atoms with Crippen LogP contribution in [0.25, 0.3) is 0 Å². The Morgan fingerprint density at radius 2 is 0.903 bits per heavy atom. The highest BCUT2D eigenvalue weighted by Crippen LogP contribution is 2.31. The molecule has 0 atom stereocenters. The molecular weight excluding hydrogens is 994 g/mol. The van der Waals surface area contributed by atoms with Crippen molar-refractivity contribution < 1.29 is 43.9 Å². The van der Waals surface area contributed by atoms with Gasteiger partial charge in [-0.05, 0) is 135 Å². The lowest BCUT2D eigenvalue weighted by atomic mass is 10.4. The SMILES string of the molecule is CCc1ccc(S(=O)(=O)c2ccc(Cl)cc2)s1.CCc1ccc(S(=O)(=O)c2ccc(SCCCO)cc2)s1.Cl.NCc1ccc(S(=O)(=O)c2ccc(S(=O)(=O)CCCO)cc2)s1. The number of halogens is 2. The second kappa shape index (κ2) is 24.6. The van der Waals surface area contributed by atoms with Crippen molar-refractivity contribution >= 4 is 109 Å². The molecule has 0 aliphatic carbocycles. The van der Waals surface area contributed by atoms with Crippen molar-refractivity contribution in [2.24, 2.45) is 5.73 Å². The van der Waals surface area contributed by atoms with Crippen LogP contribution in [-0.4, -0.2) is 68.6 Å². The van der Waals surface area contributed by atoms with Gasteiger partial charge < -0.3 is 15.9 Å². The second-order valence-electron chi connectivity index (χ2n) is 12.8. The zero-order valence-corrected chi connectivity index (χ0v) is 41.7. The minimum Gasteiger partial charge on any atom is -0.396 e. The summed E-state index contributed by atoms with van der Waals surface area (Å²) in [5.74, 6) is 0.647. The van der Waals surface area contributed by atoms with E-state index in [1.807, 2.05) is 38.1 Å². The van der Waals surface area contributed by atoms with Crippen LogP contribution < -0.4 is 5.73 Å². The Bertz CT molecular complexity index is 2770. The average molecular weight is 1040 g/mol. The molecule has 21 heteroatoms. The fraction of sp³-hybridized carbons (Fsp3) is 0.268. The molecule has 0 bridgehead atoms. The Morgan fingerprint density at radius 3 is 1.27 bits per heavy atom. The third-order valence-electron chi connectivity index (χ3n) is 8.50. The van der Waals surface area contributed by atoms with E-state index in [9.17, 15) is 33.7 Å². The van der Waals surface area contributed by atoms with Gasteiger partial charge in [0.1, 0.15) is 12.6 Å². The molecule has 0 aliphatic heterocycles. The summed E-state index contributed by atoms with van der Waals surface area (Å²) in [6, 6.07) is 28.5. The summed E-state index contributed by atoms with van der Waals surface area (Å²) >= 11 is 11.1. The van der Waals surface area contributed by atoms with Crippen molar-refractivity contribution in [3.05, 3.63) is 129 Å². The first-order chi connectivity index (χ1) is 28.9. The number of hydrogen-bond acceptors (Lipinski definition) is 15. The van der Waals surface area contributed by atoms with E-state index in [1.54, 1.807) is 54.2 Å². The monoisotopic (exact) mass is 1040 g/mol. The molecule has 0 fully saturated rings. The van der Waals surface area contributed by atoms with Crippen LogP contribution in [0, 0.1) is 0 Å². The highest BCUT2D eigenvalue weighted by molar-refractivity contribution is 7.99. The molecule has 0 unspecified atom stereocenters. The highest BCUT2D eigenvalue weighted by atomic mass is 35.5. The predicted molar refractivity (Wildman–Crippen MR) is 254 cm³/mol. The van der Waals surface area contributed by atoms with E-state index >= 15 is 0 Å². The van der Waals surface area contributed by atoms with E-state index in [0.717, 1.165) is 55.9 Å². The molecule has 6 aromatic rings. The van der Waals surface area contributed by atoms with Gasteiger partial charge in [0.15, 0.2) is 9.84 Å². The maximum Gasteiger partial charge on any atom is 0.215 e. The summed E-state index contributed by atoms with van der Waals surface area (Å²) in [5, 5.41) is 18.0. The molecule has 0 aliphatic rings. The Hall–Kier alpha value is -2.63. The van der Waals surface area contributed by atoms with E-state index in [1.165, 1.54) is 65.1 Å². The van der Waals surface area contributed by atoms with Crippen molar-refractivity contribution in [2.75, 3.05) is 24.7 Å². The van der Waals surface area contributed by atoms with Crippen LogP contribution in [0.15, 0.2) is 146 Å². The number of aliphatic hydroxyl groups is 2. The Kier molecular flexibility index (Phi) is 21.3. The number of rotatable bonds is 17. The van der Waals surface area contributed by atoms with E-state index in [0.29, 0.717) is 18.3 Å². The van der Waals surface area contributed by atoms with Crippen molar-refractivity contribution in [3.63, 3.8) is 0 Å². The lowest BCUT2D eigenvalue weighted by molar-refractivity contribution is 0.295. The fourth-order valence-electron chi connectivity index (χ4n) is 5.13. The molecule has 62 heavy (non-hydrogen) atoms. The summed E-state index contributed by atoms with van der Waals surface area (Å²) in [5.41, 5.74) is 5.48. The van der Waals surface area contributed by atoms with Gasteiger partial charge in [-0.25, -0.2) is 33.7 Å². The smallest absolute Gasteiger partial charge is 0.215 e. The number of hydrogen-bond donors (Lipinski definition) is 3. The van der Waals surface area contributed by atoms with Crippen LogP contribution in [-0.2, 0) is 58.7 Å². The summed E-state index contributed by atoms with van der Waals surface area (Å²) in [6.45, 7) is 4.25. The molecule has 3 aromatic heterocycles. The summed E-state index contributed by atoms with van der Waals surface area (Å²) in [6.07, 6.45) is 2.57. The zero-order chi connectivity index (χ0) is 44.8. The summed E-state index contributed by atoms with van der Waals surface area (Å²) in [7, 11) is -14.0. The van der Waals surface area contributed by atoms with Gasteiger partial charge in [0.25, 0.3) is 0 Å². The van der Waals surface area contributed by atoms with Gasteiger partial charge in [0.05, 0.1) is 25.3 Å². The number of aliphatic hydroxyl groups excluding tert-OH is 2. The van der Waals surface area contributed by atoms with E-state index in [2.05, 4.69) is 0 Å². The summed E-state index contributed by atoms with van der Waals surface area (Å²) < 4.78 is 99.4. The molecule has 0 saturated heterocycles. The number of thioether (sulfide) groups is 1. The van der Waals surface area contributed by atoms with Crippen molar-refractivity contribution in [1.82, 2.24) is 0 Å². The molecule has 6 rings (SSSR count). The van der Waals surface area contributed by atoms with Gasteiger partial charge in [0, 0.05) is 50.1 Å².